The van der Waals surface area contributed by atoms with E-state index in [9.17, 15) is 0 Å². The zero-order valence-electron chi connectivity index (χ0n) is 15.8. The van der Waals surface area contributed by atoms with Crippen LogP contribution < -0.4 is 3.71 Å². The molecule has 0 saturated heterocycles. The Bertz CT molecular complexity index is 555. The second kappa shape index (κ2) is 10.3. The molecule has 0 saturated carbocycles. The first-order valence-electron chi connectivity index (χ1n) is 9.85. The number of hydrogen-bond donors (Lipinski definition) is 0. The van der Waals surface area contributed by atoms with Crippen molar-refractivity contribution in [2.75, 3.05) is 0 Å². The van der Waals surface area contributed by atoms with Gasteiger partial charge in [-0.2, -0.15) is 0 Å². The van der Waals surface area contributed by atoms with Crippen molar-refractivity contribution in [3.8, 4) is 5.69 Å². The van der Waals surface area contributed by atoms with E-state index in [4.69, 9.17) is 4.98 Å². The Kier molecular flexibility index (Phi) is 8.37. The number of aromatic nitrogens is 2. The van der Waals surface area contributed by atoms with Crippen LogP contribution in [0.5, 0.6) is 0 Å². The first-order chi connectivity index (χ1) is 11.8. The topological polar surface area (TPSA) is 17.8 Å². The SMILES string of the molecule is CCC[CH2][Sn]([CH2]CCC)([CH2]CCC)[c]1cn(-c2ccccc2)cn1. The van der Waals surface area contributed by atoms with Gasteiger partial charge in [0.25, 0.3) is 0 Å². The van der Waals surface area contributed by atoms with E-state index in [0.29, 0.717) is 0 Å². The molecule has 24 heavy (non-hydrogen) atoms. The second-order valence-electron chi connectivity index (χ2n) is 7.09. The molecule has 132 valence electrons. The number of para-hydroxylation sites is 1. The van der Waals surface area contributed by atoms with Crippen molar-refractivity contribution < 1.29 is 0 Å². The number of rotatable bonds is 11. The summed E-state index contributed by atoms with van der Waals surface area (Å²) in [7, 11) is 0. The van der Waals surface area contributed by atoms with Gasteiger partial charge in [0.2, 0.25) is 0 Å². The molecule has 1 heterocycles. The number of hydrogen-bond acceptors (Lipinski definition) is 1. The van der Waals surface area contributed by atoms with E-state index in [2.05, 4.69) is 68.2 Å². The molecule has 0 aliphatic carbocycles. The molecule has 0 bridgehead atoms. The Morgan fingerprint density at radius 3 is 1.88 bits per heavy atom. The molecular formula is C21H34N2Sn. The van der Waals surface area contributed by atoms with Crippen LogP contribution >= 0.6 is 0 Å². The maximum absolute atomic E-state index is 4.98. The third-order valence-electron chi connectivity index (χ3n) is 5.21. The summed E-state index contributed by atoms with van der Waals surface area (Å²) in [5.74, 6) is 0. The van der Waals surface area contributed by atoms with Crippen LogP contribution in [0.1, 0.15) is 59.3 Å². The van der Waals surface area contributed by atoms with Gasteiger partial charge in [-0.3, -0.25) is 0 Å². The number of imidazole rings is 1. The minimum atomic E-state index is -2.37. The first-order valence-corrected chi connectivity index (χ1v) is 17.3. The summed E-state index contributed by atoms with van der Waals surface area (Å²) in [6.45, 7) is 7.00. The molecule has 0 unspecified atom stereocenters. The summed E-state index contributed by atoms with van der Waals surface area (Å²) in [4.78, 5) is 4.98. The van der Waals surface area contributed by atoms with Crippen LogP contribution in [0.2, 0.25) is 13.3 Å². The zero-order valence-corrected chi connectivity index (χ0v) is 18.7. The molecule has 2 aromatic rings. The fourth-order valence-corrected chi connectivity index (χ4v) is 18.9. The summed E-state index contributed by atoms with van der Waals surface area (Å²) >= 11 is -2.37. The number of nitrogens with zero attached hydrogens (tertiary/aromatic N) is 2. The van der Waals surface area contributed by atoms with E-state index in [1.807, 2.05) is 0 Å². The summed E-state index contributed by atoms with van der Waals surface area (Å²) in [6, 6.07) is 10.6. The van der Waals surface area contributed by atoms with E-state index in [1.54, 1.807) is 0 Å². The second-order valence-corrected chi connectivity index (χ2v) is 20.1. The van der Waals surface area contributed by atoms with Crippen molar-refractivity contribution in [1.29, 1.82) is 0 Å². The average Bonchev–Trinajstić information content (AvgIpc) is 3.13. The van der Waals surface area contributed by atoms with Gasteiger partial charge >= 0.3 is 153 Å². The molecule has 0 radical (unpaired) electrons. The van der Waals surface area contributed by atoms with Gasteiger partial charge in [-0.05, 0) is 0 Å². The molecule has 0 amide bonds. The summed E-state index contributed by atoms with van der Waals surface area (Å²) in [5, 5.41) is 0. The minimum absolute atomic E-state index is 1.23. The zero-order chi connectivity index (χ0) is 17.3. The molecular weight excluding hydrogens is 399 g/mol. The monoisotopic (exact) mass is 434 g/mol. The van der Waals surface area contributed by atoms with Gasteiger partial charge in [-0.15, -0.1) is 0 Å². The van der Waals surface area contributed by atoms with Crippen LogP contribution in [0.25, 0.3) is 5.69 Å². The van der Waals surface area contributed by atoms with Crippen molar-refractivity contribution in [1.82, 2.24) is 9.55 Å². The average molecular weight is 433 g/mol. The Morgan fingerprint density at radius 1 is 0.833 bits per heavy atom. The molecule has 2 nitrogen and oxygen atoms in total. The van der Waals surface area contributed by atoms with Crippen molar-refractivity contribution in [2.45, 2.75) is 72.6 Å². The van der Waals surface area contributed by atoms with Crippen molar-refractivity contribution >= 4 is 22.1 Å². The molecule has 1 aromatic heterocycles. The van der Waals surface area contributed by atoms with Gasteiger partial charge in [0, 0.05) is 0 Å². The fourth-order valence-electron chi connectivity index (χ4n) is 3.64. The quantitative estimate of drug-likeness (QED) is 0.402. The summed E-state index contributed by atoms with van der Waals surface area (Å²) in [5.41, 5.74) is 1.23. The van der Waals surface area contributed by atoms with E-state index in [-0.39, 0.29) is 0 Å². The maximum atomic E-state index is 4.98. The molecule has 0 atom stereocenters. The third kappa shape index (κ3) is 5.11. The van der Waals surface area contributed by atoms with Gasteiger partial charge in [-0.1, -0.05) is 0 Å². The Balaban J connectivity index is 2.31. The van der Waals surface area contributed by atoms with Crippen molar-refractivity contribution in [3.05, 3.63) is 42.9 Å². The van der Waals surface area contributed by atoms with Gasteiger partial charge in [0.15, 0.2) is 0 Å². The number of unbranched alkanes of at least 4 members (excludes halogenated alkanes) is 3. The summed E-state index contributed by atoms with van der Waals surface area (Å²) in [6.07, 6.45) is 12.6. The molecule has 3 heteroatoms. The normalized spacial score (nSPS) is 11.8. The van der Waals surface area contributed by atoms with Crippen LogP contribution in [0.4, 0.5) is 0 Å². The molecule has 2 rings (SSSR count). The van der Waals surface area contributed by atoms with Crippen LogP contribution in [-0.2, 0) is 0 Å². The van der Waals surface area contributed by atoms with Crippen LogP contribution in [0, 0.1) is 0 Å². The van der Waals surface area contributed by atoms with Gasteiger partial charge in [0.05, 0.1) is 0 Å². The van der Waals surface area contributed by atoms with Gasteiger partial charge < -0.3 is 0 Å². The molecule has 1 aromatic carbocycles. The molecule has 0 N–H and O–H groups in total. The molecule has 0 aliphatic rings. The van der Waals surface area contributed by atoms with Crippen molar-refractivity contribution in [3.63, 3.8) is 0 Å². The Hall–Kier alpha value is -0.771. The summed E-state index contributed by atoms with van der Waals surface area (Å²) < 4.78 is 8.21. The van der Waals surface area contributed by atoms with Crippen LogP contribution in [0.3, 0.4) is 0 Å². The number of benzene rings is 1. The molecule has 0 aliphatic heterocycles. The fraction of sp³-hybridized carbons (Fsp3) is 0.571. The molecule has 0 spiro atoms. The predicted molar refractivity (Wildman–Crippen MR) is 108 cm³/mol. The van der Waals surface area contributed by atoms with Gasteiger partial charge in [0.1, 0.15) is 0 Å². The Morgan fingerprint density at radius 2 is 1.38 bits per heavy atom. The van der Waals surface area contributed by atoms with E-state index in [1.165, 1.54) is 61.2 Å². The van der Waals surface area contributed by atoms with E-state index in [0.717, 1.165) is 0 Å². The standard InChI is InChI=1S/C9H7N2.3C4H9.Sn/c1-2-4-9(5-3-1)11-7-6-10-8-11;3*1-3-4-2;/h1-5,7-8H;3*1,3-4H2,2H3;. The Labute approximate surface area is 152 Å². The third-order valence-corrected chi connectivity index (χ3v) is 20.3. The van der Waals surface area contributed by atoms with Crippen LogP contribution in [-0.4, -0.2) is 27.9 Å². The van der Waals surface area contributed by atoms with Crippen LogP contribution in [0.15, 0.2) is 42.9 Å². The van der Waals surface area contributed by atoms with Crippen molar-refractivity contribution in [2.24, 2.45) is 0 Å². The van der Waals surface area contributed by atoms with E-state index < -0.39 is 18.4 Å². The first kappa shape index (κ1) is 19.6. The van der Waals surface area contributed by atoms with Gasteiger partial charge in [-0.25, -0.2) is 0 Å². The van der Waals surface area contributed by atoms with E-state index >= 15 is 0 Å². The molecule has 0 fully saturated rings. The predicted octanol–water partition coefficient (Wildman–Crippen LogP) is 5.93.